The molecule has 1 saturated carbocycles. The highest BCUT2D eigenvalue weighted by Gasteiger charge is 2.43. The van der Waals surface area contributed by atoms with Crippen LogP contribution in [0.5, 0.6) is 5.88 Å². The van der Waals surface area contributed by atoms with Gasteiger partial charge in [-0.15, -0.1) is 0 Å². The molecule has 1 N–H and O–H groups in total. The topological polar surface area (TPSA) is 51.2 Å². The van der Waals surface area contributed by atoms with Crippen LogP contribution in [0.3, 0.4) is 0 Å². The van der Waals surface area contributed by atoms with Gasteiger partial charge in [0.25, 0.3) is 0 Å². The van der Waals surface area contributed by atoms with Gasteiger partial charge < -0.3 is 10.1 Å². The number of pyridine rings is 1. The average Bonchev–Trinajstić information content (AvgIpc) is 3.12. The van der Waals surface area contributed by atoms with Gasteiger partial charge in [0.15, 0.2) is 0 Å². The molecule has 0 atom stereocenters. The summed E-state index contributed by atoms with van der Waals surface area (Å²) in [5, 5.41) is 3.67. The minimum Gasteiger partial charge on any atom is -0.478 e. The molecule has 132 valence electrons. The van der Waals surface area contributed by atoms with Crippen molar-refractivity contribution in [2.24, 2.45) is 0 Å². The van der Waals surface area contributed by atoms with E-state index in [0.717, 1.165) is 37.7 Å². The lowest BCUT2D eigenvalue weighted by atomic mass is 9.78. The molecule has 4 nitrogen and oxygen atoms in total. The largest absolute Gasteiger partial charge is 0.478 e. The Morgan fingerprint density at radius 3 is 2.64 bits per heavy atom. The number of benzene rings is 1. The van der Waals surface area contributed by atoms with E-state index in [-0.39, 0.29) is 5.91 Å². The number of amides is 1. The summed E-state index contributed by atoms with van der Waals surface area (Å²) in [4.78, 5) is 17.4. The molecule has 3 rings (SSSR count). The minimum atomic E-state index is -0.560. The highest BCUT2D eigenvalue weighted by Crippen LogP contribution is 2.44. The van der Waals surface area contributed by atoms with Gasteiger partial charge in [-0.3, -0.25) is 4.79 Å². The number of ether oxygens (including phenoxy) is 1. The Morgan fingerprint density at radius 2 is 2.00 bits per heavy atom. The van der Waals surface area contributed by atoms with Gasteiger partial charge in [-0.05, 0) is 37.0 Å². The highest BCUT2D eigenvalue weighted by atomic mass is 35.5. The van der Waals surface area contributed by atoms with Crippen molar-refractivity contribution in [3.05, 3.63) is 53.2 Å². The highest BCUT2D eigenvalue weighted by molar-refractivity contribution is 6.31. The average molecular weight is 359 g/mol. The van der Waals surface area contributed by atoms with Crippen molar-refractivity contribution in [2.45, 2.75) is 44.4 Å². The molecule has 1 amide bonds. The van der Waals surface area contributed by atoms with Crippen LogP contribution in [0.2, 0.25) is 5.02 Å². The molecule has 0 aliphatic heterocycles. The van der Waals surface area contributed by atoms with Crippen LogP contribution in [0.25, 0.3) is 0 Å². The number of anilines is 1. The van der Waals surface area contributed by atoms with E-state index in [9.17, 15) is 4.79 Å². The second-order valence-electron chi connectivity index (χ2n) is 6.46. The first-order valence-corrected chi connectivity index (χ1v) is 9.19. The number of halogens is 1. The molecule has 0 unspecified atom stereocenters. The first-order chi connectivity index (χ1) is 12.2. The van der Waals surface area contributed by atoms with Crippen molar-refractivity contribution in [1.82, 2.24) is 4.98 Å². The lowest BCUT2D eigenvalue weighted by molar-refractivity contribution is -0.121. The summed E-state index contributed by atoms with van der Waals surface area (Å²) in [6.07, 6.45) is 6.25. The number of carbonyl (C=O) groups excluding carboxylic acids is 1. The minimum absolute atomic E-state index is 0.0119. The Kier molecular flexibility index (Phi) is 5.59. The number of carbonyl (C=O) groups is 1. The Hall–Kier alpha value is -2.07. The maximum Gasteiger partial charge on any atom is 0.235 e. The molecule has 1 heterocycles. The van der Waals surface area contributed by atoms with Gasteiger partial charge in [-0.1, -0.05) is 49.6 Å². The molecule has 25 heavy (non-hydrogen) atoms. The Morgan fingerprint density at radius 1 is 1.24 bits per heavy atom. The zero-order chi connectivity index (χ0) is 17.7. The second-order valence-corrected chi connectivity index (χ2v) is 6.86. The Bertz CT molecular complexity index is 725. The van der Waals surface area contributed by atoms with Crippen molar-refractivity contribution >= 4 is 23.2 Å². The summed E-state index contributed by atoms with van der Waals surface area (Å²) in [6, 6.07) is 11.3. The molecule has 1 fully saturated rings. The lowest BCUT2D eigenvalue weighted by Crippen LogP contribution is -2.38. The molecular weight excluding hydrogens is 336 g/mol. The van der Waals surface area contributed by atoms with E-state index in [1.807, 2.05) is 37.3 Å². The fourth-order valence-corrected chi connectivity index (χ4v) is 3.76. The fourth-order valence-electron chi connectivity index (χ4n) is 3.44. The summed E-state index contributed by atoms with van der Waals surface area (Å²) >= 11 is 6.40. The van der Waals surface area contributed by atoms with Crippen LogP contribution >= 0.6 is 11.6 Å². The smallest absolute Gasteiger partial charge is 0.235 e. The molecule has 0 saturated heterocycles. The molecule has 0 spiro atoms. The van der Waals surface area contributed by atoms with Gasteiger partial charge >= 0.3 is 0 Å². The predicted molar refractivity (Wildman–Crippen MR) is 100 cm³/mol. The Labute approximate surface area is 153 Å². The van der Waals surface area contributed by atoms with Crippen LogP contribution in [-0.4, -0.2) is 17.5 Å². The number of hydrogen-bond acceptors (Lipinski definition) is 3. The number of nitrogens with one attached hydrogen (secondary N) is 1. The van der Waals surface area contributed by atoms with Gasteiger partial charge in [-0.25, -0.2) is 4.98 Å². The van der Waals surface area contributed by atoms with Gasteiger partial charge in [0.1, 0.15) is 0 Å². The first-order valence-electron chi connectivity index (χ1n) is 8.81. The predicted octanol–water partition coefficient (Wildman–Crippen LogP) is 4.97. The number of rotatable bonds is 6. The number of aromatic nitrogens is 1. The number of hydrogen-bond donors (Lipinski definition) is 1. The van der Waals surface area contributed by atoms with E-state index in [1.165, 1.54) is 0 Å². The van der Waals surface area contributed by atoms with Gasteiger partial charge in [-0.2, -0.15) is 0 Å². The zero-order valence-corrected chi connectivity index (χ0v) is 15.2. The third-order valence-corrected chi connectivity index (χ3v) is 5.06. The van der Waals surface area contributed by atoms with E-state index in [4.69, 9.17) is 16.3 Å². The summed E-state index contributed by atoms with van der Waals surface area (Å²) in [6.45, 7) is 2.68. The quantitative estimate of drug-likeness (QED) is 0.792. The second kappa shape index (κ2) is 7.87. The summed E-state index contributed by atoms with van der Waals surface area (Å²) < 4.78 is 5.48. The van der Waals surface area contributed by atoms with E-state index in [2.05, 4.69) is 10.3 Å². The molecule has 1 aromatic heterocycles. The van der Waals surface area contributed by atoms with E-state index in [1.54, 1.807) is 12.3 Å². The van der Waals surface area contributed by atoms with Crippen LogP contribution in [-0.2, 0) is 10.2 Å². The summed E-state index contributed by atoms with van der Waals surface area (Å²) in [7, 11) is 0. The van der Waals surface area contributed by atoms with Crippen molar-refractivity contribution in [3.63, 3.8) is 0 Å². The zero-order valence-electron chi connectivity index (χ0n) is 14.4. The molecule has 2 aromatic rings. The molecule has 0 radical (unpaired) electrons. The van der Waals surface area contributed by atoms with E-state index >= 15 is 0 Å². The fraction of sp³-hybridized carbons (Fsp3) is 0.400. The first kappa shape index (κ1) is 17.7. The molecule has 1 aliphatic rings. The Balaban J connectivity index is 1.79. The maximum absolute atomic E-state index is 13.1. The van der Waals surface area contributed by atoms with Gasteiger partial charge in [0, 0.05) is 11.1 Å². The van der Waals surface area contributed by atoms with Crippen molar-refractivity contribution in [3.8, 4) is 5.88 Å². The van der Waals surface area contributed by atoms with Crippen LogP contribution in [0.15, 0.2) is 42.6 Å². The summed E-state index contributed by atoms with van der Waals surface area (Å²) in [5.41, 5.74) is 1.03. The third-order valence-electron chi connectivity index (χ3n) is 4.73. The van der Waals surface area contributed by atoms with Crippen molar-refractivity contribution < 1.29 is 9.53 Å². The molecule has 5 heteroatoms. The molecule has 1 aliphatic carbocycles. The lowest BCUT2D eigenvalue weighted by Gasteiger charge is -2.29. The normalized spacial score (nSPS) is 15.8. The third kappa shape index (κ3) is 3.79. The molecule has 0 bridgehead atoms. The monoisotopic (exact) mass is 358 g/mol. The van der Waals surface area contributed by atoms with Crippen LogP contribution < -0.4 is 10.1 Å². The van der Waals surface area contributed by atoms with Crippen molar-refractivity contribution in [2.75, 3.05) is 11.9 Å². The van der Waals surface area contributed by atoms with E-state index in [0.29, 0.717) is 23.2 Å². The van der Waals surface area contributed by atoms with Crippen LogP contribution in [0.4, 0.5) is 5.69 Å². The van der Waals surface area contributed by atoms with Gasteiger partial charge in [0.05, 0.1) is 23.9 Å². The van der Waals surface area contributed by atoms with Crippen LogP contribution in [0, 0.1) is 0 Å². The maximum atomic E-state index is 13.1. The SMILES string of the molecule is CCCOc1ccc(NC(=O)C2(c3ccccc3Cl)CCCC2)cn1. The van der Waals surface area contributed by atoms with E-state index < -0.39 is 5.41 Å². The van der Waals surface area contributed by atoms with Crippen LogP contribution in [0.1, 0.15) is 44.6 Å². The summed E-state index contributed by atoms with van der Waals surface area (Å²) in [5.74, 6) is 0.559. The van der Waals surface area contributed by atoms with Gasteiger partial charge in [0.2, 0.25) is 11.8 Å². The molecule has 1 aromatic carbocycles. The molecular formula is C20H23ClN2O2. The standard InChI is InChI=1S/C20H23ClN2O2/c1-2-13-25-18-10-9-15(14-22-18)23-19(24)20(11-5-6-12-20)16-7-3-4-8-17(16)21/h3-4,7-10,14H,2,5-6,11-13H2,1H3,(H,23,24). The van der Waals surface area contributed by atoms with Crippen molar-refractivity contribution in [1.29, 1.82) is 0 Å². The number of nitrogens with zero attached hydrogens (tertiary/aromatic N) is 1.